The summed E-state index contributed by atoms with van der Waals surface area (Å²) >= 11 is 1.56. The molecule has 1 aliphatic rings. The van der Waals surface area contributed by atoms with Crippen molar-refractivity contribution in [3.8, 4) is 17.1 Å². The van der Waals surface area contributed by atoms with Gasteiger partial charge in [0.15, 0.2) is 11.0 Å². The molecule has 0 unspecified atom stereocenters. The summed E-state index contributed by atoms with van der Waals surface area (Å²) in [5.74, 6) is 1.53. The third-order valence-electron chi connectivity index (χ3n) is 6.84. The van der Waals surface area contributed by atoms with E-state index in [0.717, 1.165) is 49.6 Å². The van der Waals surface area contributed by atoms with E-state index in [-0.39, 0.29) is 11.6 Å². The quantitative estimate of drug-likeness (QED) is 0.121. The zero-order valence-electron chi connectivity index (χ0n) is 21.8. The SMILES string of the molecule is Cc1ccccc1N1CCN(C(=O)CCCSc2nnc(-c3ccc([N+](=O)[O-])cc3)n2-c2ccccc2)CC1. The van der Waals surface area contributed by atoms with E-state index in [1.54, 1.807) is 23.9 Å². The summed E-state index contributed by atoms with van der Waals surface area (Å²) in [6.45, 7) is 5.29. The van der Waals surface area contributed by atoms with Crippen molar-refractivity contribution >= 4 is 29.0 Å². The molecule has 0 atom stereocenters. The van der Waals surface area contributed by atoms with Gasteiger partial charge in [0.2, 0.25) is 5.91 Å². The minimum Gasteiger partial charge on any atom is -0.368 e. The fourth-order valence-electron chi connectivity index (χ4n) is 4.75. The van der Waals surface area contributed by atoms with E-state index in [0.29, 0.717) is 17.4 Å². The number of para-hydroxylation sites is 2. The summed E-state index contributed by atoms with van der Waals surface area (Å²) in [4.78, 5) is 27.9. The summed E-state index contributed by atoms with van der Waals surface area (Å²) in [7, 11) is 0. The molecule has 0 N–H and O–H groups in total. The number of hydrogen-bond donors (Lipinski definition) is 0. The molecule has 1 saturated heterocycles. The first kappa shape index (κ1) is 26.4. The van der Waals surface area contributed by atoms with Gasteiger partial charge in [-0.2, -0.15) is 0 Å². The second kappa shape index (κ2) is 12.1. The Kier molecular flexibility index (Phi) is 8.21. The molecule has 2 heterocycles. The van der Waals surface area contributed by atoms with Crippen molar-refractivity contribution in [2.24, 2.45) is 0 Å². The van der Waals surface area contributed by atoms with Crippen molar-refractivity contribution in [1.29, 1.82) is 0 Å². The van der Waals surface area contributed by atoms with E-state index in [4.69, 9.17) is 0 Å². The number of non-ortho nitro benzene ring substituents is 1. The number of aryl methyl sites for hydroxylation is 1. The number of piperazine rings is 1. The largest absolute Gasteiger partial charge is 0.368 e. The van der Waals surface area contributed by atoms with Gasteiger partial charge in [0.1, 0.15) is 0 Å². The summed E-state index contributed by atoms with van der Waals surface area (Å²) in [5.41, 5.74) is 4.18. The first-order valence-corrected chi connectivity index (χ1v) is 14.0. The highest BCUT2D eigenvalue weighted by Gasteiger charge is 2.22. The van der Waals surface area contributed by atoms with Gasteiger partial charge < -0.3 is 9.80 Å². The van der Waals surface area contributed by atoms with Crippen LogP contribution in [0.2, 0.25) is 0 Å². The van der Waals surface area contributed by atoms with E-state index in [1.807, 2.05) is 39.8 Å². The number of benzene rings is 3. The van der Waals surface area contributed by atoms with Crippen LogP contribution in [-0.2, 0) is 4.79 Å². The normalized spacial score (nSPS) is 13.5. The fraction of sp³-hybridized carbons (Fsp3) is 0.276. The molecule has 0 saturated carbocycles. The van der Waals surface area contributed by atoms with Gasteiger partial charge >= 0.3 is 0 Å². The van der Waals surface area contributed by atoms with Gasteiger partial charge in [-0.1, -0.05) is 48.2 Å². The number of hydrogen-bond acceptors (Lipinski definition) is 7. The lowest BCUT2D eigenvalue weighted by Crippen LogP contribution is -2.49. The van der Waals surface area contributed by atoms with Crippen LogP contribution in [0, 0.1) is 17.0 Å². The fourth-order valence-corrected chi connectivity index (χ4v) is 5.64. The number of aromatic nitrogens is 3. The van der Waals surface area contributed by atoms with Crippen molar-refractivity contribution in [2.45, 2.75) is 24.9 Å². The highest BCUT2D eigenvalue weighted by atomic mass is 32.2. The van der Waals surface area contributed by atoms with Gasteiger partial charge in [0, 0.05) is 67.4 Å². The first-order valence-electron chi connectivity index (χ1n) is 13.0. The lowest BCUT2D eigenvalue weighted by molar-refractivity contribution is -0.384. The van der Waals surface area contributed by atoms with Crippen LogP contribution < -0.4 is 4.90 Å². The molecule has 0 radical (unpaired) electrons. The van der Waals surface area contributed by atoms with Crippen molar-refractivity contribution in [1.82, 2.24) is 19.7 Å². The minimum absolute atomic E-state index is 0.0281. The predicted octanol–water partition coefficient (Wildman–Crippen LogP) is 5.37. The van der Waals surface area contributed by atoms with E-state index in [2.05, 4.69) is 46.3 Å². The van der Waals surface area contributed by atoms with Gasteiger partial charge in [0.25, 0.3) is 5.69 Å². The molecule has 39 heavy (non-hydrogen) atoms. The molecule has 3 aromatic carbocycles. The zero-order valence-corrected chi connectivity index (χ0v) is 22.6. The van der Waals surface area contributed by atoms with Crippen LogP contribution in [0.15, 0.2) is 84.0 Å². The Hall–Kier alpha value is -4.18. The number of nitrogens with zero attached hydrogens (tertiary/aromatic N) is 6. The molecule has 1 fully saturated rings. The van der Waals surface area contributed by atoms with Crippen LogP contribution in [0.25, 0.3) is 17.1 Å². The standard InChI is InChI=1S/C29H30N6O3S/c1-22-8-5-6-11-26(22)32-17-19-33(20-18-32)27(36)12-7-21-39-29-31-30-28(34(29)24-9-3-2-4-10-24)23-13-15-25(16-14-23)35(37)38/h2-6,8-11,13-16H,7,12,17-21H2,1H3. The molecule has 0 spiro atoms. The van der Waals surface area contributed by atoms with Crippen LogP contribution in [0.5, 0.6) is 0 Å². The first-order chi connectivity index (χ1) is 19.0. The predicted molar refractivity (Wildman–Crippen MR) is 153 cm³/mol. The molecular formula is C29H30N6O3S. The second-order valence-corrected chi connectivity index (χ2v) is 10.4. The van der Waals surface area contributed by atoms with Crippen LogP contribution in [0.3, 0.4) is 0 Å². The van der Waals surface area contributed by atoms with Crippen LogP contribution in [-0.4, -0.2) is 62.4 Å². The topological polar surface area (TPSA) is 97.4 Å². The number of nitro benzene ring substituents is 1. The zero-order chi connectivity index (χ0) is 27.2. The molecule has 0 aliphatic carbocycles. The Morgan fingerprint density at radius 3 is 2.31 bits per heavy atom. The summed E-state index contributed by atoms with van der Waals surface area (Å²) in [5, 5.41) is 20.6. The van der Waals surface area contributed by atoms with Gasteiger partial charge in [-0.05, 0) is 49.2 Å². The molecular weight excluding hydrogens is 512 g/mol. The Balaban J connectivity index is 1.19. The average Bonchev–Trinajstić information content (AvgIpc) is 3.40. The van der Waals surface area contributed by atoms with Crippen molar-refractivity contribution < 1.29 is 9.72 Å². The number of anilines is 1. The van der Waals surface area contributed by atoms with Crippen molar-refractivity contribution in [3.05, 3.63) is 94.5 Å². The molecule has 1 aliphatic heterocycles. The highest BCUT2D eigenvalue weighted by Crippen LogP contribution is 2.29. The molecule has 9 nitrogen and oxygen atoms in total. The number of carbonyl (C=O) groups excluding carboxylic acids is 1. The maximum absolute atomic E-state index is 12.9. The monoisotopic (exact) mass is 542 g/mol. The lowest BCUT2D eigenvalue weighted by atomic mass is 10.1. The minimum atomic E-state index is -0.418. The van der Waals surface area contributed by atoms with Crippen molar-refractivity contribution in [3.63, 3.8) is 0 Å². The highest BCUT2D eigenvalue weighted by molar-refractivity contribution is 7.99. The molecule has 10 heteroatoms. The van der Waals surface area contributed by atoms with Crippen LogP contribution >= 0.6 is 11.8 Å². The second-order valence-electron chi connectivity index (χ2n) is 9.39. The molecule has 0 bridgehead atoms. The Morgan fingerprint density at radius 2 is 1.62 bits per heavy atom. The van der Waals surface area contributed by atoms with Gasteiger partial charge in [-0.15, -0.1) is 10.2 Å². The van der Waals surface area contributed by atoms with E-state index in [1.165, 1.54) is 23.4 Å². The number of carbonyl (C=O) groups is 1. The Morgan fingerprint density at radius 1 is 0.923 bits per heavy atom. The summed E-state index contributed by atoms with van der Waals surface area (Å²) < 4.78 is 1.96. The number of thioether (sulfide) groups is 1. The van der Waals surface area contributed by atoms with Crippen LogP contribution in [0.1, 0.15) is 18.4 Å². The third-order valence-corrected chi connectivity index (χ3v) is 7.85. The number of amides is 1. The number of rotatable bonds is 9. The van der Waals surface area contributed by atoms with Crippen molar-refractivity contribution in [2.75, 3.05) is 36.8 Å². The number of nitro groups is 1. The smallest absolute Gasteiger partial charge is 0.269 e. The maximum Gasteiger partial charge on any atom is 0.269 e. The summed E-state index contributed by atoms with van der Waals surface area (Å²) in [6, 6.07) is 24.5. The van der Waals surface area contributed by atoms with E-state index < -0.39 is 4.92 Å². The van der Waals surface area contributed by atoms with E-state index >= 15 is 0 Å². The average molecular weight is 543 g/mol. The Bertz CT molecular complexity index is 1430. The third kappa shape index (κ3) is 6.12. The van der Waals surface area contributed by atoms with E-state index in [9.17, 15) is 14.9 Å². The summed E-state index contributed by atoms with van der Waals surface area (Å²) in [6.07, 6.45) is 1.22. The molecule has 1 aromatic heterocycles. The maximum atomic E-state index is 12.9. The molecule has 1 amide bonds. The van der Waals surface area contributed by atoms with Gasteiger partial charge in [-0.25, -0.2) is 0 Å². The lowest BCUT2D eigenvalue weighted by Gasteiger charge is -2.36. The van der Waals surface area contributed by atoms with Gasteiger partial charge in [0.05, 0.1) is 4.92 Å². The van der Waals surface area contributed by atoms with Crippen LogP contribution in [0.4, 0.5) is 11.4 Å². The molecule has 4 aromatic rings. The van der Waals surface area contributed by atoms with Gasteiger partial charge in [-0.3, -0.25) is 19.5 Å². The molecule has 5 rings (SSSR count). The Labute approximate surface area is 231 Å². The molecule has 200 valence electrons.